The minimum atomic E-state index is 0.576. The largest absolute Gasteiger partial charge is 0.384 e. The molecular formula is C9H12N6S. The lowest BCUT2D eigenvalue weighted by atomic mass is 10.3. The van der Waals surface area contributed by atoms with E-state index in [1.807, 2.05) is 12.3 Å². The Balaban J connectivity index is 2.02. The monoisotopic (exact) mass is 236 g/mol. The Morgan fingerprint density at radius 1 is 1.50 bits per heavy atom. The number of nitrogens with two attached hydrogens (primary N) is 1. The third kappa shape index (κ3) is 2.43. The van der Waals surface area contributed by atoms with Crippen molar-refractivity contribution in [3.63, 3.8) is 0 Å². The number of rotatable bonds is 4. The van der Waals surface area contributed by atoms with Gasteiger partial charge in [-0.25, -0.2) is 9.97 Å². The molecule has 0 saturated carbocycles. The van der Waals surface area contributed by atoms with E-state index in [1.54, 1.807) is 18.0 Å². The van der Waals surface area contributed by atoms with E-state index < -0.39 is 0 Å². The first-order chi connectivity index (χ1) is 7.79. The molecule has 0 aliphatic rings. The van der Waals surface area contributed by atoms with Gasteiger partial charge in [0.05, 0.1) is 6.20 Å². The highest BCUT2D eigenvalue weighted by Crippen LogP contribution is 2.15. The summed E-state index contributed by atoms with van der Waals surface area (Å²) in [5.74, 6) is 1.35. The highest BCUT2D eigenvalue weighted by Gasteiger charge is 2.02. The minimum absolute atomic E-state index is 0.576. The summed E-state index contributed by atoms with van der Waals surface area (Å²) < 4.78 is 0. The van der Waals surface area contributed by atoms with Crippen LogP contribution in [0.5, 0.6) is 0 Å². The van der Waals surface area contributed by atoms with Crippen molar-refractivity contribution < 1.29 is 0 Å². The van der Waals surface area contributed by atoms with Gasteiger partial charge in [0.15, 0.2) is 0 Å². The maximum atomic E-state index is 5.67. The van der Waals surface area contributed by atoms with Crippen molar-refractivity contribution in [1.29, 1.82) is 0 Å². The molecule has 2 rings (SSSR count). The first kappa shape index (κ1) is 10.7. The topological polar surface area (TPSA) is 92.5 Å². The second-order valence-corrected chi connectivity index (χ2v) is 3.93. The molecule has 0 bridgehead atoms. The summed E-state index contributed by atoms with van der Waals surface area (Å²) in [7, 11) is 0. The van der Waals surface area contributed by atoms with Crippen LogP contribution in [0.25, 0.3) is 0 Å². The Kier molecular flexibility index (Phi) is 3.25. The van der Waals surface area contributed by atoms with Crippen molar-refractivity contribution >= 4 is 23.4 Å². The van der Waals surface area contributed by atoms with Crippen molar-refractivity contribution in [3.8, 4) is 0 Å². The number of aromatic amines is 1. The molecule has 84 valence electrons. The molecule has 0 saturated heterocycles. The molecule has 6 nitrogen and oxygen atoms in total. The van der Waals surface area contributed by atoms with Gasteiger partial charge in [0.25, 0.3) is 0 Å². The zero-order valence-corrected chi connectivity index (χ0v) is 9.58. The number of aromatic nitrogens is 4. The molecule has 4 N–H and O–H groups in total. The van der Waals surface area contributed by atoms with E-state index in [-0.39, 0.29) is 0 Å². The van der Waals surface area contributed by atoms with E-state index in [4.69, 9.17) is 5.73 Å². The molecule has 2 heterocycles. The normalized spacial score (nSPS) is 10.3. The number of anilines is 2. The van der Waals surface area contributed by atoms with Crippen LogP contribution in [0, 0.1) is 0 Å². The van der Waals surface area contributed by atoms with Gasteiger partial charge in [-0.15, -0.1) is 11.8 Å². The Bertz CT molecular complexity index is 469. The van der Waals surface area contributed by atoms with E-state index in [1.165, 1.54) is 6.33 Å². The fourth-order valence-electron chi connectivity index (χ4n) is 1.20. The molecule has 0 amide bonds. The Hall–Kier alpha value is -1.76. The molecule has 7 heteroatoms. The van der Waals surface area contributed by atoms with E-state index in [0.717, 1.165) is 16.4 Å². The van der Waals surface area contributed by atoms with Gasteiger partial charge >= 0.3 is 0 Å². The fourth-order valence-corrected chi connectivity index (χ4v) is 1.58. The zero-order valence-electron chi connectivity index (χ0n) is 8.77. The van der Waals surface area contributed by atoms with Gasteiger partial charge in [-0.2, -0.15) is 5.10 Å². The van der Waals surface area contributed by atoms with Gasteiger partial charge in [-0.1, -0.05) is 0 Å². The van der Waals surface area contributed by atoms with Crippen LogP contribution < -0.4 is 11.1 Å². The van der Waals surface area contributed by atoms with Gasteiger partial charge in [-0.3, -0.25) is 5.10 Å². The van der Waals surface area contributed by atoms with Crippen LogP contribution in [0.1, 0.15) is 5.56 Å². The van der Waals surface area contributed by atoms with E-state index in [9.17, 15) is 0 Å². The second kappa shape index (κ2) is 4.84. The summed E-state index contributed by atoms with van der Waals surface area (Å²) in [6, 6.07) is 1.89. The second-order valence-electron chi connectivity index (χ2n) is 3.11. The number of nitrogens with one attached hydrogen (secondary N) is 2. The van der Waals surface area contributed by atoms with Crippen molar-refractivity contribution in [2.45, 2.75) is 11.6 Å². The number of nitrogens with zero attached hydrogens (tertiary/aromatic N) is 3. The lowest BCUT2D eigenvalue weighted by Crippen LogP contribution is -2.03. The Morgan fingerprint density at radius 2 is 2.38 bits per heavy atom. The van der Waals surface area contributed by atoms with Crippen LogP contribution >= 0.6 is 11.8 Å². The van der Waals surface area contributed by atoms with Crippen molar-refractivity contribution in [1.82, 2.24) is 20.2 Å². The highest BCUT2D eigenvalue weighted by atomic mass is 32.2. The highest BCUT2D eigenvalue weighted by molar-refractivity contribution is 7.98. The maximum Gasteiger partial charge on any atom is 0.130 e. The van der Waals surface area contributed by atoms with Gasteiger partial charge in [0.2, 0.25) is 0 Å². The zero-order chi connectivity index (χ0) is 11.4. The van der Waals surface area contributed by atoms with Gasteiger partial charge in [-0.05, 0) is 6.26 Å². The fraction of sp³-hybridized carbons (Fsp3) is 0.222. The first-order valence-electron chi connectivity index (χ1n) is 4.67. The number of nitrogen functional groups attached to an aromatic ring is 1. The van der Waals surface area contributed by atoms with Crippen LogP contribution in [0.2, 0.25) is 0 Å². The number of H-pyrrole nitrogens is 1. The van der Waals surface area contributed by atoms with Crippen LogP contribution in [0.4, 0.5) is 11.6 Å². The van der Waals surface area contributed by atoms with Crippen molar-refractivity contribution in [2.24, 2.45) is 0 Å². The quantitative estimate of drug-likeness (QED) is 0.544. The van der Waals surface area contributed by atoms with Gasteiger partial charge in [0.1, 0.15) is 23.0 Å². The average Bonchev–Trinajstić information content (AvgIpc) is 2.72. The molecule has 16 heavy (non-hydrogen) atoms. The Labute approximate surface area is 97.1 Å². The Morgan fingerprint density at radius 3 is 3.06 bits per heavy atom. The molecule has 2 aromatic rings. The summed E-state index contributed by atoms with van der Waals surface area (Å²) in [5.41, 5.74) is 6.59. The van der Waals surface area contributed by atoms with Crippen LogP contribution in [0.3, 0.4) is 0 Å². The van der Waals surface area contributed by atoms with Crippen molar-refractivity contribution in [3.05, 3.63) is 24.2 Å². The van der Waals surface area contributed by atoms with Crippen LogP contribution in [-0.4, -0.2) is 26.4 Å². The first-order valence-corrected chi connectivity index (χ1v) is 5.89. The number of hydrogen-bond acceptors (Lipinski definition) is 6. The standard InChI is InChI=1S/C9H12N6S/c1-16-8-2-7(12-5-13-8)11-3-6-4-14-15-9(6)10/h2,4-5H,3H2,1H3,(H3,10,14,15)(H,11,12,13). The van der Waals surface area contributed by atoms with E-state index >= 15 is 0 Å². The molecule has 0 unspecified atom stereocenters. The SMILES string of the molecule is CSc1cc(NCc2cn[nH]c2N)ncn1. The van der Waals surface area contributed by atoms with Crippen LogP contribution in [-0.2, 0) is 6.54 Å². The molecular weight excluding hydrogens is 224 g/mol. The molecule has 0 aliphatic carbocycles. The molecule has 0 aliphatic heterocycles. The van der Waals surface area contributed by atoms with Gasteiger partial charge in [0, 0.05) is 18.2 Å². The molecule has 0 spiro atoms. The average molecular weight is 236 g/mol. The maximum absolute atomic E-state index is 5.67. The summed E-state index contributed by atoms with van der Waals surface area (Å²) >= 11 is 1.58. The summed E-state index contributed by atoms with van der Waals surface area (Å²) in [6.07, 6.45) is 5.20. The number of hydrogen-bond donors (Lipinski definition) is 3. The minimum Gasteiger partial charge on any atom is -0.384 e. The number of thioether (sulfide) groups is 1. The molecule has 2 aromatic heterocycles. The smallest absolute Gasteiger partial charge is 0.130 e. The summed E-state index contributed by atoms with van der Waals surface area (Å²) in [6.45, 7) is 0.590. The van der Waals surface area contributed by atoms with Gasteiger partial charge < -0.3 is 11.1 Å². The molecule has 0 fully saturated rings. The predicted octanol–water partition coefficient (Wildman–Crippen LogP) is 1.12. The third-order valence-corrected chi connectivity index (χ3v) is 2.70. The predicted molar refractivity (Wildman–Crippen MR) is 64.1 cm³/mol. The summed E-state index contributed by atoms with van der Waals surface area (Å²) in [5, 5.41) is 10.6. The lowest BCUT2D eigenvalue weighted by Gasteiger charge is -2.04. The summed E-state index contributed by atoms with van der Waals surface area (Å²) in [4.78, 5) is 8.20. The molecule has 0 atom stereocenters. The molecule has 0 radical (unpaired) electrons. The lowest BCUT2D eigenvalue weighted by molar-refractivity contribution is 1.02. The van der Waals surface area contributed by atoms with E-state index in [2.05, 4.69) is 25.5 Å². The van der Waals surface area contributed by atoms with E-state index in [0.29, 0.717) is 12.4 Å². The third-order valence-electron chi connectivity index (χ3n) is 2.06. The van der Waals surface area contributed by atoms with Crippen LogP contribution in [0.15, 0.2) is 23.6 Å². The molecule has 0 aromatic carbocycles. The van der Waals surface area contributed by atoms with Crippen molar-refractivity contribution in [2.75, 3.05) is 17.3 Å².